The molecule has 1 aromatic heterocycles. The number of aromatic nitrogens is 1. The van der Waals surface area contributed by atoms with E-state index in [-0.39, 0.29) is 18.1 Å². The Morgan fingerprint density at radius 1 is 1.24 bits per heavy atom. The van der Waals surface area contributed by atoms with Gasteiger partial charge in [0.25, 0.3) is 5.91 Å². The van der Waals surface area contributed by atoms with Gasteiger partial charge in [-0.05, 0) is 38.0 Å². The van der Waals surface area contributed by atoms with Crippen molar-refractivity contribution in [1.29, 1.82) is 0 Å². The van der Waals surface area contributed by atoms with Crippen LogP contribution in [0.1, 0.15) is 33.7 Å². The van der Waals surface area contributed by atoms with Gasteiger partial charge < -0.3 is 10.4 Å². The van der Waals surface area contributed by atoms with Crippen LogP contribution < -0.4 is 5.32 Å². The largest absolute Gasteiger partial charge is 0.392 e. The molecule has 25 heavy (non-hydrogen) atoms. The molecule has 2 aromatic rings. The first-order valence-corrected chi connectivity index (χ1v) is 8.71. The predicted molar refractivity (Wildman–Crippen MR) is 97.3 cm³/mol. The van der Waals surface area contributed by atoms with Gasteiger partial charge >= 0.3 is 0 Å². The molecule has 132 valence electrons. The van der Waals surface area contributed by atoms with Gasteiger partial charge in [-0.1, -0.05) is 30.3 Å². The number of aliphatic hydroxyl groups excluding tert-OH is 1. The number of likely N-dealkylation sites (tertiary alicyclic amines) is 1. The van der Waals surface area contributed by atoms with Gasteiger partial charge in [-0.3, -0.25) is 14.7 Å². The third-order valence-electron chi connectivity index (χ3n) is 4.70. The smallest absolute Gasteiger partial charge is 0.253 e. The number of carbonyl (C=O) groups is 1. The molecular weight excluding hydrogens is 314 g/mol. The minimum absolute atomic E-state index is 0.106. The van der Waals surface area contributed by atoms with Crippen molar-refractivity contribution >= 4 is 5.91 Å². The number of hydrogen-bond donors (Lipinski definition) is 2. The zero-order valence-corrected chi connectivity index (χ0v) is 14.8. The van der Waals surface area contributed by atoms with Crippen LogP contribution in [-0.4, -0.2) is 46.1 Å². The van der Waals surface area contributed by atoms with Crippen molar-refractivity contribution in [1.82, 2.24) is 15.2 Å². The lowest BCUT2D eigenvalue weighted by atomic mass is 10.1. The van der Waals surface area contributed by atoms with Crippen molar-refractivity contribution < 1.29 is 9.90 Å². The average molecular weight is 339 g/mol. The van der Waals surface area contributed by atoms with Crippen molar-refractivity contribution in [2.75, 3.05) is 13.1 Å². The predicted octanol–water partition coefficient (Wildman–Crippen LogP) is 2.06. The SMILES string of the molecule is Cc1ccc(C(=O)NCC2CC(O)CN2Cc2ccccc2)c(C)n1. The van der Waals surface area contributed by atoms with Gasteiger partial charge in [0.1, 0.15) is 0 Å². The van der Waals surface area contributed by atoms with E-state index in [9.17, 15) is 9.90 Å². The lowest BCUT2D eigenvalue weighted by molar-refractivity contribution is 0.0939. The molecule has 0 bridgehead atoms. The number of aryl methyl sites for hydroxylation is 2. The van der Waals surface area contributed by atoms with Gasteiger partial charge in [-0.15, -0.1) is 0 Å². The zero-order chi connectivity index (χ0) is 17.8. The number of aliphatic hydroxyl groups is 1. The van der Waals surface area contributed by atoms with Gasteiger partial charge in [-0.25, -0.2) is 0 Å². The molecule has 5 nitrogen and oxygen atoms in total. The molecule has 1 aliphatic heterocycles. The third kappa shape index (κ3) is 4.44. The number of nitrogens with one attached hydrogen (secondary N) is 1. The number of amides is 1. The van der Waals surface area contributed by atoms with Crippen molar-refractivity contribution in [2.24, 2.45) is 0 Å². The number of benzene rings is 1. The van der Waals surface area contributed by atoms with E-state index in [1.165, 1.54) is 5.56 Å². The second kappa shape index (κ2) is 7.76. The van der Waals surface area contributed by atoms with Gasteiger partial charge in [0.2, 0.25) is 0 Å². The molecule has 2 atom stereocenters. The molecule has 2 N–H and O–H groups in total. The first-order chi connectivity index (χ1) is 12.0. The van der Waals surface area contributed by atoms with Crippen LogP contribution in [0.15, 0.2) is 42.5 Å². The lowest BCUT2D eigenvalue weighted by Gasteiger charge is -2.24. The number of β-amino-alcohol motifs (C(OH)–C–C–N with tert-alkyl or cyclic N) is 1. The molecule has 1 aromatic carbocycles. The Balaban J connectivity index is 1.61. The van der Waals surface area contributed by atoms with Crippen molar-refractivity contribution in [3.63, 3.8) is 0 Å². The number of nitrogens with zero attached hydrogens (tertiary/aromatic N) is 2. The number of hydrogen-bond acceptors (Lipinski definition) is 4. The molecule has 2 heterocycles. The lowest BCUT2D eigenvalue weighted by Crippen LogP contribution is -2.40. The Morgan fingerprint density at radius 3 is 2.72 bits per heavy atom. The third-order valence-corrected chi connectivity index (χ3v) is 4.70. The Kier molecular flexibility index (Phi) is 5.46. The standard InChI is InChI=1S/C20H25N3O2/c1-14-8-9-19(15(2)22-14)20(25)21-11-17-10-18(24)13-23(17)12-16-6-4-3-5-7-16/h3-9,17-18,24H,10-13H2,1-2H3,(H,21,25). The van der Waals surface area contributed by atoms with Crippen LogP contribution in [0, 0.1) is 13.8 Å². The maximum Gasteiger partial charge on any atom is 0.253 e. The van der Waals surface area contributed by atoms with E-state index in [1.807, 2.05) is 44.2 Å². The second-order valence-corrected chi connectivity index (χ2v) is 6.75. The topological polar surface area (TPSA) is 65.5 Å². The minimum Gasteiger partial charge on any atom is -0.392 e. The zero-order valence-electron chi connectivity index (χ0n) is 14.8. The van der Waals surface area contributed by atoms with E-state index in [4.69, 9.17) is 0 Å². The molecule has 0 aliphatic carbocycles. The molecule has 0 spiro atoms. The molecule has 0 saturated carbocycles. The number of pyridine rings is 1. The van der Waals surface area contributed by atoms with E-state index >= 15 is 0 Å². The first kappa shape index (κ1) is 17.6. The van der Waals surface area contributed by atoms with E-state index in [0.717, 1.165) is 17.9 Å². The summed E-state index contributed by atoms with van der Waals surface area (Å²) in [6.45, 7) is 5.71. The Labute approximate surface area is 148 Å². The average Bonchev–Trinajstić information content (AvgIpc) is 2.93. The minimum atomic E-state index is -0.339. The summed E-state index contributed by atoms with van der Waals surface area (Å²) in [5, 5.41) is 13.0. The van der Waals surface area contributed by atoms with Gasteiger partial charge in [0.15, 0.2) is 0 Å². The van der Waals surface area contributed by atoms with Crippen LogP contribution in [0.25, 0.3) is 0 Å². The van der Waals surface area contributed by atoms with Gasteiger partial charge in [0, 0.05) is 31.4 Å². The molecule has 1 saturated heterocycles. The van der Waals surface area contributed by atoms with Crippen LogP contribution in [-0.2, 0) is 6.54 Å². The van der Waals surface area contributed by atoms with Crippen molar-refractivity contribution in [2.45, 2.75) is 39.0 Å². The highest BCUT2D eigenvalue weighted by Gasteiger charge is 2.31. The second-order valence-electron chi connectivity index (χ2n) is 6.75. The van der Waals surface area contributed by atoms with Crippen LogP contribution in [0.2, 0.25) is 0 Å². The van der Waals surface area contributed by atoms with Crippen molar-refractivity contribution in [3.8, 4) is 0 Å². The van der Waals surface area contributed by atoms with E-state index in [0.29, 0.717) is 25.1 Å². The summed E-state index contributed by atoms with van der Waals surface area (Å²) in [6.07, 6.45) is 0.339. The van der Waals surface area contributed by atoms with E-state index in [2.05, 4.69) is 27.3 Å². The summed E-state index contributed by atoms with van der Waals surface area (Å²) in [7, 11) is 0. The van der Waals surface area contributed by atoms with Gasteiger partial charge in [0.05, 0.1) is 17.4 Å². The summed E-state index contributed by atoms with van der Waals surface area (Å²) in [5.74, 6) is -0.106. The van der Waals surface area contributed by atoms with Crippen LogP contribution >= 0.6 is 0 Å². The summed E-state index contributed by atoms with van der Waals surface area (Å²) >= 11 is 0. The highest BCUT2D eigenvalue weighted by molar-refractivity contribution is 5.95. The quantitative estimate of drug-likeness (QED) is 0.875. The molecule has 1 fully saturated rings. The summed E-state index contributed by atoms with van der Waals surface area (Å²) in [4.78, 5) is 19.0. The van der Waals surface area contributed by atoms with Crippen LogP contribution in [0.4, 0.5) is 0 Å². The highest BCUT2D eigenvalue weighted by atomic mass is 16.3. The molecular formula is C20H25N3O2. The van der Waals surface area contributed by atoms with Crippen molar-refractivity contribution in [3.05, 3.63) is 65.0 Å². The molecule has 1 aliphatic rings. The van der Waals surface area contributed by atoms with Crippen LogP contribution in [0.3, 0.4) is 0 Å². The molecule has 2 unspecified atom stereocenters. The fourth-order valence-corrected chi connectivity index (χ4v) is 3.41. The van der Waals surface area contributed by atoms with Crippen LogP contribution in [0.5, 0.6) is 0 Å². The first-order valence-electron chi connectivity index (χ1n) is 8.71. The van der Waals surface area contributed by atoms with E-state index < -0.39 is 0 Å². The van der Waals surface area contributed by atoms with E-state index in [1.54, 1.807) is 0 Å². The fourth-order valence-electron chi connectivity index (χ4n) is 3.41. The Hall–Kier alpha value is -2.24. The maximum atomic E-state index is 12.4. The summed E-state index contributed by atoms with van der Waals surface area (Å²) in [5.41, 5.74) is 3.47. The monoisotopic (exact) mass is 339 g/mol. The summed E-state index contributed by atoms with van der Waals surface area (Å²) in [6, 6.07) is 14.0. The van der Waals surface area contributed by atoms with Gasteiger partial charge in [-0.2, -0.15) is 0 Å². The molecule has 5 heteroatoms. The number of rotatable bonds is 5. The maximum absolute atomic E-state index is 12.4. The summed E-state index contributed by atoms with van der Waals surface area (Å²) < 4.78 is 0. The molecule has 1 amide bonds. The highest BCUT2D eigenvalue weighted by Crippen LogP contribution is 2.20. The Morgan fingerprint density at radius 2 is 2.00 bits per heavy atom. The number of carbonyl (C=O) groups excluding carboxylic acids is 1. The fraction of sp³-hybridized carbons (Fsp3) is 0.400. The Bertz CT molecular complexity index is 733. The molecule has 0 radical (unpaired) electrons. The normalized spacial score (nSPS) is 20.6. The molecule has 3 rings (SSSR count).